The van der Waals surface area contributed by atoms with Crippen LogP contribution in [0.1, 0.15) is 22.7 Å². The Morgan fingerprint density at radius 3 is 2.52 bits per heavy atom. The molecule has 1 aliphatic rings. The minimum absolute atomic E-state index is 0.0679. The highest BCUT2D eigenvalue weighted by atomic mass is 35.5. The van der Waals surface area contributed by atoms with E-state index in [0.29, 0.717) is 21.7 Å². The molecule has 0 radical (unpaired) electrons. The Morgan fingerprint density at radius 2 is 1.83 bits per heavy atom. The number of benzene rings is 2. The first-order valence-electron chi connectivity index (χ1n) is 6.95. The smallest absolute Gasteiger partial charge is 0.322 e. The zero-order chi connectivity index (χ0) is 16.4. The van der Waals surface area contributed by atoms with Gasteiger partial charge in [0.05, 0.1) is 18.2 Å². The molecule has 0 spiro atoms. The van der Waals surface area contributed by atoms with Crippen molar-refractivity contribution in [3.05, 3.63) is 70.2 Å². The number of urea groups is 1. The minimum atomic E-state index is -0.728. The highest BCUT2D eigenvalue weighted by molar-refractivity contribution is 6.30. The zero-order valence-electron chi connectivity index (χ0n) is 12.0. The van der Waals surface area contributed by atoms with Crippen LogP contribution in [0.25, 0.3) is 0 Å². The van der Waals surface area contributed by atoms with E-state index in [2.05, 4.69) is 11.4 Å². The van der Waals surface area contributed by atoms with E-state index < -0.39 is 12.1 Å². The van der Waals surface area contributed by atoms with Gasteiger partial charge in [-0.1, -0.05) is 41.9 Å². The van der Waals surface area contributed by atoms with Crippen LogP contribution in [0.2, 0.25) is 5.02 Å². The van der Waals surface area contributed by atoms with Crippen molar-refractivity contribution in [1.82, 2.24) is 10.2 Å². The number of nitrogens with zero attached hydrogens (tertiary/aromatic N) is 2. The van der Waals surface area contributed by atoms with Crippen molar-refractivity contribution in [2.45, 2.75) is 12.6 Å². The fraction of sp³-hybridized carbons (Fsp3) is 0.118. The number of imide groups is 1. The van der Waals surface area contributed by atoms with Gasteiger partial charge in [-0.25, -0.2) is 4.79 Å². The van der Waals surface area contributed by atoms with E-state index >= 15 is 0 Å². The third kappa shape index (κ3) is 2.89. The molecule has 1 heterocycles. The maximum Gasteiger partial charge on any atom is 0.325 e. The normalized spacial score (nSPS) is 17.0. The molecule has 1 saturated heterocycles. The Labute approximate surface area is 138 Å². The molecular weight excluding hydrogens is 314 g/mol. The summed E-state index contributed by atoms with van der Waals surface area (Å²) in [5.41, 5.74) is 1.75. The van der Waals surface area contributed by atoms with Crippen molar-refractivity contribution in [2.24, 2.45) is 0 Å². The molecule has 23 heavy (non-hydrogen) atoms. The molecule has 6 heteroatoms. The molecule has 2 aromatic rings. The molecule has 1 aliphatic heterocycles. The average Bonchev–Trinajstić information content (AvgIpc) is 2.84. The molecule has 2 aromatic carbocycles. The Balaban J connectivity index is 1.84. The lowest BCUT2D eigenvalue weighted by Crippen LogP contribution is -2.30. The van der Waals surface area contributed by atoms with Crippen LogP contribution in [-0.4, -0.2) is 16.8 Å². The first-order chi connectivity index (χ1) is 11.1. The van der Waals surface area contributed by atoms with Gasteiger partial charge in [0, 0.05) is 5.02 Å². The van der Waals surface area contributed by atoms with Gasteiger partial charge in [0.25, 0.3) is 5.91 Å². The Kier molecular flexibility index (Phi) is 4.00. The number of carbonyl (C=O) groups is 2. The lowest BCUT2D eigenvalue weighted by molar-refractivity contribution is -0.128. The molecule has 0 bridgehead atoms. The average molecular weight is 326 g/mol. The van der Waals surface area contributed by atoms with Gasteiger partial charge in [0.1, 0.15) is 6.04 Å². The van der Waals surface area contributed by atoms with Gasteiger partial charge in [-0.2, -0.15) is 5.26 Å². The van der Waals surface area contributed by atoms with Crippen LogP contribution < -0.4 is 5.32 Å². The topological polar surface area (TPSA) is 73.2 Å². The lowest BCUT2D eigenvalue weighted by Gasteiger charge is -2.14. The van der Waals surface area contributed by atoms with Crippen molar-refractivity contribution < 1.29 is 9.59 Å². The van der Waals surface area contributed by atoms with Crippen LogP contribution in [0.15, 0.2) is 48.5 Å². The standard InChI is InChI=1S/C17H12ClN3O2/c18-14-7-5-11(6-8-14)15-16(22)21(17(23)20-15)10-13-4-2-1-3-12(13)9-19/h1-8,15H,10H2,(H,20,23). The summed E-state index contributed by atoms with van der Waals surface area (Å²) in [6.07, 6.45) is 0. The second kappa shape index (κ2) is 6.11. The quantitative estimate of drug-likeness (QED) is 0.882. The highest BCUT2D eigenvalue weighted by Crippen LogP contribution is 2.25. The molecule has 3 amide bonds. The molecule has 0 saturated carbocycles. The van der Waals surface area contributed by atoms with Gasteiger partial charge in [0.15, 0.2) is 0 Å². The number of nitriles is 1. The molecule has 0 aromatic heterocycles. The lowest BCUT2D eigenvalue weighted by atomic mass is 10.1. The van der Waals surface area contributed by atoms with Crippen LogP contribution in [0.4, 0.5) is 4.79 Å². The Morgan fingerprint density at radius 1 is 1.13 bits per heavy atom. The predicted molar refractivity (Wildman–Crippen MR) is 84.4 cm³/mol. The van der Waals surface area contributed by atoms with Gasteiger partial charge in [0.2, 0.25) is 0 Å². The van der Waals surface area contributed by atoms with Crippen molar-refractivity contribution in [2.75, 3.05) is 0 Å². The monoisotopic (exact) mass is 325 g/mol. The number of hydrogen-bond acceptors (Lipinski definition) is 3. The minimum Gasteiger partial charge on any atom is -0.322 e. The number of hydrogen-bond donors (Lipinski definition) is 1. The van der Waals surface area contributed by atoms with Crippen molar-refractivity contribution >= 4 is 23.5 Å². The molecule has 1 unspecified atom stereocenters. The fourth-order valence-electron chi connectivity index (χ4n) is 2.49. The summed E-state index contributed by atoms with van der Waals surface area (Å²) in [5.74, 6) is -0.343. The maximum absolute atomic E-state index is 12.5. The second-order valence-corrected chi connectivity index (χ2v) is 5.56. The van der Waals surface area contributed by atoms with Crippen LogP contribution in [0.3, 0.4) is 0 Å². The summed E-state index contributed by atoms with van der Waals surface area (Å²) in [4.78, 5) is 25.8. The van der Waals surface area contributed by atoms with E-state index in [0.717, 1.165) is 4.90 Å². The van der Waals surface area contributed by atoms with E-state index in [1.165, 1.54) is 0 Å². The van der Waals surface area contributed by atoms with E-state index in [1.54, 1.807) is 48.5 Å². The van der Waals surface area contributed by atoms with E-state index in [9.17, 15) is 9.59 Å². The van der Waals surface area contributed by atoms with Crippen LogP contribution >= 0.6 is 11.6 Å². The molecule has 0 aliphatic carbocycles. The number of carbonyl (C=O) groups excluding carboxylic acids is 2. The summed E-state index contributed by atoms with van der Waals surface area (Å²) in [7, 11) is 0. The number of nitrogens with one attached hydrogen (secondary N) is 1. The highest BCUT2D eigenvalue weighted by Gasteiger charge is 2.39. The van der Waals surface area contributed by atoms with Crippen molar-refractivity contribution in [3.8, 4) is 6.07 Å². The summed E-state index contributed by atoms with van der Waals surface area (Å²) < 4.78 is 0. The SMILES string of the molecule is N#Cc1ccccc1CN1C(=O)NC(c2ccc(Cl)cc2)C1=O. The van der Waals surface area contributed by atoms with Gasteiger partial charge in [-0.05, 0) is 29.3 Å². The Bertz CT molecular complexity index is 811. The number of amides is 3. The molecule has 1 fully saturated rings. The van der Waals surface area contributed by atoms with Gasteiger partial charge < -0.3 is 5.32 Å². The third-order valence-corrected chi connectivity index (χ3v) is 3.95. The fourth-order valence-corrected chi connectivity index (χ4v) is 2.61. The van der Waals surface area contributed by atoms with Gasteiger partial charge in [-0.3, -0.25) is 9.69 Å². The summed E-state index contributed by atoms with van der Waals surface area (Å²) in [6, 6.07) is 14.5. The third-order valence-electron chi connectivity index (χ3n) is 3.70. The van der Waals surface area contributed by atoms with Crippen LogP contribution in [0, 0.1) is 11.3 Å². The van der Waals surface area contributed by atoms with E-state index in [-0.39, 0.29) is 12.5 Å². The van der Waals surface area contributed by atoms with Gasteiger partial charge >= 0.3 is 6.03 Å². The van der Waals surface area contributed by atoms with Crippen LogP contribution in [-0.2, 0) is 11.3 Å². The van der Waals surface area contributed by atoms with Crippen molar-refractivity contribution in [1.29, 1.82) is 5.26 Å². The molecule has 1 atom stereocenters. The second-order valence-electron chi connectivity index (χ2n) is 5.13. The van der Waals surface area contributed by atoms with Crippen LogP contribution in [0.5, 0.6) is 0 Å². The molecule has 1 N–H and O–H groups in total. The van der Waals surface area contributed by atoms with E-state index in [4.69, 9.17) is 16.9 Å². The van der Waals surface area contributed by atoms with Crippen molar-refractivity contribution in [3.63, 3.8) is 0 Å². The predicted octanol–water partition coefficient (Wildman–Crippen LogP) is 3.00. The summed E-state index contributed by atoms with van der Waals surface area (Å²) in [6.45, 7) is 0.0679. The molecule has 3 rings (SSSR count). The summed E-state index contributed by atoms with van der Waals surface area (Å²) >= 11 is 5.84. The zero-order valence-corrected chi connectivity index (χ0v) is 12.7. The number of halogens is 1. The van der Waals surface area contributed by atoms with Gasteiger partial charge in [-0.15, -0.1) is 0 Å². The van der Waals surface area contributed by atoms with E-state index in [1.807, 2.05) is 0 Å². The molecule has 5 nitrogen and oxygen atoms in total. The molecular formula is C17H12ClN3O2. The summed E-state index contributed by atoms with van der Waals surface area (Å²) in [5, 5.41) is 12.3. The first-order valence-corrected chi connectivity index (χ1v) is 7.33. The Hall–Kier alpha value is -2.84. The number of rotatable bonds is 3. The largest absolute Gasteiger partial charge is 0.325 e. The maximum atomic E-state index is 12.5. The first kappa shape index (κ1) is 15.1. The molecule has 114 valence electrons.